The van der Waals surface area contributed by atoms with Gasteiger partial charge in [0.15, 0.2) is 0 Å². The van der Waals surface area contributed by atoms with E-state index in [-0.39, 0.29) is 11.1 Å². The molecule has 0 saturated heterocycles. The smallest absolute Gasteiger partial charge is 0.305 e. The largest absolute Gasteiger partial charge is 0.421 e. The highest BCUT2D eigenvalue weighted by Gasteiger charge is 2.22. The van der Waals surface area contributed by atoms with Crippen LogP contribution < -0.4 is 0 Å². The summed E-state index contributed by atoms with van der Waals surface area (Å²) in [4.78, 5) is 60.0. The van der Waals surface area contributed by atoms with E-state index < -0.39 is 67.5 Å². The Morgan fingerprint density at radius 3 is 1.48 bits per heavy atom. The molecule has 0 aliphatic rings. The van der Waals surface area contributed by atoms with Gasteiger partial charge >= 0.3 is 29.0 Å². The first kappa shape index (κ1) is 34.3. The monoisotopic (exact) mass is 595 g/mol. The zero-order valence-electron chi connectivity index (χ0n) is 21.8. The van der Waals surface area contributed by atoms with Crippen molar-refractivity contribution in [1.82, 2.24) is 0 Å². The van der Waals surface area contributed by atoms with Crippen LogP contribution in [0.3, 0.4) is 0 Å². The summed E-state index contributed by atoms with van der Waals surface area (Å²) in [5, 5.41) is 30.7. The van der Waals surface area contributed by atoms with Crippen LogP contribution in [0.5, 0.6) is 0 Å². The van der Waals surface area contributed by atoms with Gasteiger partial charge in [0.25, 0.3) is 6.29 Å². The van der Waals surface area contributed by atoms with Gasteiger partial charge in [-0.3, -0.25) is 44.7 Å². The molecule has 0 N–H and O–H groups in total. The fourth-order valence-electron chi connectivity index (χ4n) is 2.78. The number of carbonyl (C=O) groups excluding carboxylic acids is 3. The SMILES string of the molecule is CC(=O)OC(OC(C)=O)c1ccc([N+](=O)[O-])c(F)c1.Cc1ccc([N+](=O)[O-])c(F)c1.O=Cc1ccc([N+](=O)[O-])c(F)c1. The predicted molar refractivity (Wildman–Crippen MR) is 136 cm³/mol. The topological polar surface area (TPSA) is 199 Å². The van der Waals surface area contributed by atoms with Gasteiger partial charge < -0.3 is 9.47 Å². The fourth-order valence-corrected chi connectivity index (χ4v) is 2.78. The molecule has 0 saturated carbocycles. The Morgan fingerprint density at radius 1 is 0.714 bits per heavy atom. The lowest BCUT2D eigenvalue weighted by molar-refractivity contribution is -0.387. The number of aldehydes is 1. The molecule has 0 heterocycles. The van der Waals surface area contributed by atoms with Crippen LogP contribution in [0.1, 0.15) is 41.6 Å². The van der Waals surface area contributed by atoms with Crippen molar-refractivity contribution in [1.29, 1.82) is 0 Å². The van der Waals surface area contributed by atoms with Gasteiger partial charge in [0.1, 0.15) is 6.29 Å². The second-order valence-electron chi connectivity index (χ2n) is 7.82. The van der Waals surface area contributed by atoms with E-state index in [0.717, 1.165) is 56.3 Å². The van der Waals surface area contributed by atoms with E-state index in [1.807, 2.05) is 0 Å². The molecule has 3 rings (SSSR count). The summed E-state index contributed by atoms with van der Waals surface area (Å²) in [6, 6.07) is 9.57. The Bertz CT molecular complexity index is 1500. The summed E-state index contributed by atoms with van der Waals surface area (Å²) in [5.74, 6) is -4.39. The highest BCUT2D eigenvalue weighted by atomic mass is 19.1. The van der Waals surface area contributed by atoms with Crippen LogP contribution in [0, 0.1) is 54.7 Å². The second kappa shape index (κ2) is 15.8. The summed E-state index contributed by atoms with van der Waals surface area (Å²) in [5.41, 5.74) is -1.09. The summed E-state index contributed by atoms with van der Waals surface area (Å²) in [7, 11) is 0. The molecule has 0 amide bonds. The average molecular weight is 595 g/mol. The number of benzene rings is 3. The Morgan fingerprint density at radius 2 is 1.12 bits per heavy atom. The Balaban J connectivity index is 0.000000332. The normalized spacial score (nSPS) is 9.79. The maximum absolute atomic E-state index is 13.4. The Hall–Kier alpha value is -5.74. The maximum atomic E-state index is 13.4. The first-order chi connectivity index (χ1) is 19.6. The van der Waals surface area contributed by atoms with Crippen molar-refractivity contribution < 1.29 is 51.8 Å². The average Bonchev–Trinajstić information content (AvgIpc) is 2.87. The summed E-state index contributed by atoms with van der Waals surface area (Å²) in [6.07, 6.45) is -1.02. The number of hydrogen-bond donors (Lipinski definition) is 0. The number of nitrogens with zero attached hydrogens (tertiary/aromatic N) is 3. The number of nitro benzene ring substituents is 3. The van der Waals surface area contributed by atoms with Gasteiger partial charge in [-0.2, -0.15) is 13.2 Å². The first-order valence-corrected chi connectivity index (χ1v) is 11.1. The van der Waals surface area contributed by atoms with E-state index in [9.17, 15) is 57.9 Å². The van der Waals surface area contributed by atoms with Crippen molar-refractivity contribution in [3.63, 3.8) is 0 Å². The summed E-state index contributed by atoms with van der Waals surface area (Å²) < 4.78 is 48.1. The molecule has 17 heteroatoms. The van der Waals surface area contributed by atoms with E-state index in [2.05, 4.69) is 9.47 Å². The number of halogens is 3. The zero-order chi connectivity index (χ0) is 32.1. The zero-order valence-corrected chi connectivity index (χ0v) is 21.8. The van der Waals surface area contributed by atoms with E-state index >= 15 is 0 Å². The van der Waals surface area contributed by atoms with Gasteiger partial charge in [-0.05, 0) is 42.8 Å². The maximum Gasteiger partial charge on any atom is 0.305 e. The molecule has 0 aliphatic carbocycles. The van der Waals surface area contributed by atoms with Crippen molar-refractivity contribution in [2.24, 2.45) is 0 Å². The van der Waals surface area contributed by atoms with Crippen LogP contribution in [-0.2, 0) is 19.1 Å². The van der Waals surface area contributed by atoms with E-state index in [0.29, 0.717) is 11.8 Å². The molecule has 0 bridgehead atoms. The number of nitro groups is 3. The van der Waals surface area contributed by atoms with Crippen molar-refractivity contribution in [3.8, 4) is 0 Å². The van der Waals surface area contributed by atoms with Crippen molar-refractivity contribution in [3.05, 3.63) is 119 Å². The summed E-state index contributed by atoms with van der Waals surface area (Å²) >= 11 is 0. The molecule has 3 aromatic carbocycles. The van der Waals surface area contributed by atoms with Crippen LogP contribution in [0.25, 0.3) is 0 Å². The third-order valence-electron chi connectivity index (χ3n) is 4.59. The van der Waals surface area contributed by atoms with Crippen molar-refractivity contribution in [2.45, 2.75) is 27.1 Å². The van der Waals surface area contributed by atoms with Crippen LogP contribution in [0.15, 0.2) is 54.6 Å². The minimum atomic E-state index is -1.44. The van der Waals surface area contributed by atoms with Crippen LogP contribution >= 0.6 is 0 Å². The second-order valence-corrected chi connectivity index (χ2v) is 7.82. The van der Waals surface area contributed by atoms with Gasteiger partial charge in [0.05, 0.1) is 14.8 Å². The number of esters is 2. The van der Waals surface area contributed by atoms with E-state index in [1.54, 1.807) is 6.92 Å². The quantitative estimate of drug-likeness (QED) is 0.111. The molecule has 0 radical (unpaired) electrons. The third-order valence-corrected chi connectivity index (χ3v) is 4.59. The molecule has 0 unspecified atom stereocenters. The molecule has 0 fully saturated rings. The molecule has 42 heavy (non-hydrogen) atoms. The lowest BCUT2D eigenvalue weighted by atomic mass is 10.2. The van der Waals surface area contributed by atoms with Crippen molar-refractivity contribution in [2.75, 3.05) is 0 Å². The molecule has 3 aromatic rings. The molecule has 0 spiro atoms. The first-order valence-electron chi connectivity index (χ1n) is 11.1. The number of ether oxygens (including phenoxy) is 2. The summed E-state index contributed by atoms with van der Waals surface area (Å²) in [6.45, 7) is 3.84. The number of aryl methyl sites for hydroxylation is 1. The molecule has 0 aliphatic heterocycles. The lowest BCUT2D eigenvalue weighted by Gasteiger charge is -2.16. The number of hydrogen-bond acceptors (Lipinski definition) is 11. The standard InChI is InChI=1S/C11H10FNO6.C7H4FNO3.C7H6FNO2/c1-6(14)18-11(19-7(2)15)8-3-4-10(13(16)17)9(12)5-8;8-6-3-5(4-10)1-2-7(6)9(11)12;1-5-2-3-7(9(10)11)6(8)4-5/h3-5,11H,1-2H3;1-4H;2-4H,1H3. The van der Waals surface area contributed by atoms with Gasteiger partial charge in [-0.15, -0.1) is 0 Å². The molecule has 222 valence electrons. The van der Waals surface area contributed by atoms with Gasteiger partial charge in [-0.25, -0.2) is 0 Å². The highest BCUT2D eigenvalue weighted by molar-refractivity contribution is 5.75. The van der Waals surface area contributed by atoms with Gasteiger partial charge in [-0.1, -0.05) is 6.07 Å². The number of carbonyl (C=O) groups is 3. The van der Waals surface area contributed by atoms with Gasteiger partial charge in [0.2, 0.25) is 17.5 Å². The predicted octanol–water partition coefficient (Wildman–Crippen LogP) is 5.45. The third kappa shape index (κ3) is 10.8. The lowest BCUT2D eigenvalue weighted by Crippen LogP contribution is -2.15. The van der Waals surface area contributed by atoms with Crippen LogP contribution in [0.4, 0.5) is 30.2 Å². The number of rotatable bonds is 7. The Kier molecular flexibility index (Phi) is 12.9. The van der Waals surface area contributed by atoms with Crippen LogP contribution in [-0.4, -0.2) is 33.0 Å². The highest BCUT2D eigenvalue weighted by Crippen LogP contribution is 2.25. The molecular formula is C25H20F3N3O11. The van der Waals surface area contributed by atoms with E-state index in [1.165, 1.54) is 12.1 Å². The molecule has 14 nitrogen and oxygen atoms in total. The molecule has 0 atom stereocenters. The minimum absolute atomic E-state index is 0.0199. The van der Waals surface area contributed by atoms with Gasteiger partial charge in [0, 0.05) is 43.2 Å². The Labute approximate surface area is 233 Å². The minimum Gasteiger partial charge on any atom is -0.421 e. The van der Waals surface area contributed by atoms with Crippen molar-refractivity contribution >= 4 is 35.3 Å². The van der Waals surface area contributed by atoms with E-state index in [4.69, 9.17) is 0 Å². The molecule has 0 aromatic heterocycles. The fraction of sp³-hybridized carbons (Fsp3) is 0.160. The molecular weight excluding hydrogens is 575 g/mol. The van der Waals surface area contributed by atoms with Crippen LogP contribution in [0.2, 0.25) is 0 Å².